The lowest BCUT2D eigenvalue weighted by Crippen LogP contribution is -2.57. The number of carboxylic acid groups (broad SMARTS) is 1. The van der Waals surface area contributed by atoms with Crippen molar-refractivity contribution in [3.63, 3.8) is 0 Å². The Kier molecular flexibility index (Phi) is 3.45. The van der Waals surface area contributed by atoms with Crippen LogP contribution in [0.4, 0.5) is 5.69 Å². The van der Waals surface area contributed by atoms with Gasteiger partial charge in [0.15, 0.2) is 0 Å². The zero-order chi connectivity index (χ0) is 15.0. The molecule has 5 nitrogen and oxygen atoms in total. The molecular formula is C16H20N2O3. The first-order valence-electron chi connectivity index (χ1n) is 7.44. The Morgan fingerprint density at radius 1 is 1.33 bits per heavy atom. The maximum absolute atomic E-state index is 12.9. The van der Waals surface area contributed by atoms with Crippen molar-refractivity contribution in [1.29, 1.82) is 0 Å². The molecule has 1 saturated heterocycles. The highest BCUT2D eigenvalue weighted by atomic mass is 16.4. The molecule has 0 spiro atoms. The number of fused-ring (bicyclic) bond motifs is 1. The average molecular weight is 288 g/mol. The molecule has 1 amide bonds. The Bertz CT molecular complexity index is 591. The monoisotopic (exact) mass is 288 g/mol. The van der Waals surface area contributed by atoms with Crippen molar-refractivity contribution in [2.75, 3.05) is 18.0 Å². The molecule has 0 radical (unpaired) electrons. The number of nitrogens with one attached hydrogen (secondary N) is 1. The van der Waals surface area contributed by atoms with Gasteiger partial charge in [-0.15, -0.1) is 0 Å². The zero-order valence-corrected chi connectivity index (χ0v) is 12.2. The summed E-state index contributed by atoms with van der Waals surface area (Å²) in [6.07, 6.45) is 3.76. The van der Waals surface area contributed by atoms with E-state index in [4.69, 9.17) is 5.11 Å². The second-order valence-corrected chi connectivity index (χ2v) is 6.07. The Morgan fingerprint density at radius 3 is 2.81 bits per heavy atom. The van der Waals surface area contributed by atoms with E-state index in [0.717, 1.165) is 43.5 Å². The Morgan fingerprint density at radius 2 is 2.14 bits per heavy atom. The highest BCUT2D eigenvalue weighted by Gasteiger charge is 2.40. The minimum Gasteiger partial charge on any atom is -0.478 e. The molecule has 21 heavy (non-hydrogen) atoms. The molecule has 2 aliphatic heterocycles. The van der Waals surface area contributed by atoms with E-state index >= 15 is 0 Å². The van der Waals surface area contributed by atoms with Crippen LogP contribution in [0.3, 0.4) is 0 Å². The number of hydrogen-bond donors (Lipinski definition) is 2. The number of anilines is 1. The predicted octanol–water partition coefficient (Wildman–Crippen LogP) is 1.81. The molecule has 2 aliphatic rings. The van der Waals surface area contributed by atoms with E-state index < -0.39 is 11.5 Å². The number of carboxylic acids is 1. The highest BCUT2D eigenvalue weighted by Crippen LogP contribution is 2.32. The van der Waals surface area contributed by atoms with E-state index in [0.29, 0.717) is 6.54 Å². The van der Waals surface area contributed by atoms with E-state index in [1.807, 2.05) is 13.0 Å². The van der Waals surface area contributed by atoms with Gasteiger partial charge in [0.25, 0.3) is 0 Å². The Labute approximate surface area is 123 Å². The van der Waals surface area contributed by atoms with Crippen LogP contribution in [0.15, 0.2) is 18.2 Å². The van der Waals surface area contributed by atoms with Crippen LogP contribution >= 0.6 is 0 Å². The zero-order valence-electron chi connectivity index (χ0n) is 12.2. The van der Waals surface area contributed by atoms with Gasteiger partial charge in [-0.05, 0) is 56.8 Å². The number of hydrogen-bond acceptors (Lipinski definition) is 3. The van der Waals surface area contributed by atoms with Crippen LogP contribution in [-0.2, 0) is 11.2 Å². The number of nitrogens with zero attached hydrogens (tertiary/aromatic N) is 1. The van der Waals surface area contributed by atoms with Crippen molar-refractivity contribution in [3.05, 3.63) is 29.3 Å². The van der Waals surface area contributed by atoms with E-state index in [-0.39, 0.29) is 11.5 Å². The molecule has 0 bridgehead atoms. The second kappa shape index (κ2) is 5.15. The van der Waals surface area contributed by atoms with E-state index in [1.165, 1.54) is 0 Å². The number of rotatable bonds is 2. The average Bonchev–Trinajstić information content (AvgIpc) is 2.90. The normalized spacial score (nSPS) is 24.7. The van der Waals surface area contributed by atoms with Crippen molar-refractivity contribution >= 4 is 17.6 Å². The lowest BCUT2D eigenvalue weighted by molar-refractivity contribution is -0.125. The maximum Gasteiger partial charge on any atom is 0.335 e. The van der Waals surface area contributed by atoms with Crippen LogP contribution < -0.4 is 10.2 Å². The number of piperidine rings is 1. The fourth-order valence-corrected chi connectivity index (χ4v) is 3.26. The molecule has 0 aliphatic carbocycles. The Hall–Kier alpha value is -1.88. The van der Waals surface area contributed by atoms with Crippen LogP contribution in [0.25, 0.3) is 0 Å². The smallest absolute Gasteiger partial charge is 0.335 e. The van der Waals surface area contributed by atoms with Gasteiger partial charge >= 0.3 is 5.97 Å². The van der Waals surface area contributed by atoms with Gasteiger partial charge in [0.2, 0.25) is 5.91 Å². The molecule has 1 aromatic carbocycles. The topological polar surface area (TPSA) is 69.6 Å². The molecule has 112 valence electrons. The lowest BCUT2D eigenvalue weighted by atomic mass is 9.89. The van der Waals surface area contributed by atoms with Gasteiger partial charge in [0.05, 0.1) is 11.1 Å². The number of benzene rings is 1. The molecule has 1 atom stereocenters. The molecule has 0 aromatic heterocycles. The molecule has 2 N–H and O–H groups in total. The number of carbonyl (C=O) groups is 2. The summed E-state index contributed by atoms with van der Waals surface area (Å²) in [7, 11) is 0. The van der Waals surface area contributed by atoms with Gasteiger partial charge < -0.3 is 15.3 Å². The molecule has 5 heteroatoms. The fourth-order valence-electron chi connectivity index (χ4n) is 3.26. The van der Waals surface area contributed by atoms with Gasteiger partial charge in [-0.3, -0.25) is 4.79 Å². The molecule has 3 rings (SSSR count). The summed E-state index contributed by atoms with van der Waals surface area (Å²) in [5.41, 5.74) is 1.51. The third kappa shape index (κ3) is 2.42. The number of carbonyl (C=O) groups excluding carboxylic acids is 1. The van der Waals surface area contributed by atoms with Crippen molar-refractivity contribution in [3.8, 4) is 0 Å². The van der Waals surface area contributed by atoms with Crippen LogP contribution in [-0.4, -0.2) is 35.6 Å². The predicted molar refractivity (Wildman–Crippen MR) is 79.7 cm³/mol. The van der Waals surface area contributed by atoms with Gasteiger partial charge in [0, 0.05) is 12.2 Å². The molecule has 0 saturated carbocycles. The SMILES string of the molecule is CC1(C(=O)N2CCc3ccc(C(=O)O)cc32)CCCCN1. The second-order valence-electron chi connectivity index (χ2n) is 6.07. The minimum atomic E-state index is -0.959. The van der Waals surface area contributed by atoms with Crippen LogP contribution in [0.2, 0.25) is 0 Å². The summed E-state index contributed by atoms with van der Waals surface area (Å²) < 4.78 is 0. The molecular weight excluding hydrogens is 268 g/mol. The van der Waals surface area contributed by atoms with E-state index in [1.54, 1.807) is 17.0 Å². The minimum absolute atomic E-state index is 0.0588. The first-order chi connectivity index (χ1) is 10.0. The first kappa shape index (κ1) is 14.1. The van der Waals surface area contributed by atoms with Gasteiger partial charge in [0.1, 0.15) is 0 Å². The molecule has 1 unspecified atom stereocenters. The molecule has 2 heterocycles. The van der Waals surface area contributed by atoms with Crippen molar-refractivity contribution in [2.24, 2.45) is 0 Å². The summed E-state index contributed by atoms with van der Waals surface area (Å²) in [6.45, 7) is 3.44. The van der Waals surface area contributed by atoms with Gasteiger partial charge in [-0.1, -0.05) is 6.07 Å². The molecule has 1 aromatic rings. The third-order valence-electron chi connectivity index (χ3n) is 4.56. The number of amides is 1. The standard InChI is InChI=1S/C16H20N2O3/c1-16(7-2-3-8-17-16)15(21)18-9-6-11-4-5-12(14(19)20)10-13(11)18/h4-5,10,17H,2-3,6-9H2,1H3,(H,19,20). The van der Waals surface area contributed by atoms with Gasteiger partial charge in [-0.2, -0.15) is 0 Å². The summed E-state index contributed by atoms with van der Waals surface area (Å²) >= 11 is 0. The fraction of sp³-hybridized carbons (Fsp3) is 0.500. The summed E-state index contributed by atoms with van der Waals surface area (Å²) in [5.74, 6) is -0.900. The molecule has 1 fully saturated rings. The van der Waals surface area contributed by atoms with E-state index in [2.05, 4.69) is 5.32 Å². The summed E-state index contributed by atoms with van der Waals surface area (Å²) in [4.78, 5) is 25.8. The van der Waals surface area contributed by atoms with Crippen LogP contribution in [0.1, 0.15) is 42.1 Å². The maximum atomic E-state index is 12.9. The van der Waals surface area contributed by atoms with Crippen LogP contribution in [0.5, 0.6) is 0 Å². The Balaban J connectivity index is 1.91. The highest BCUT2D eigenvalue weighted by molar-refractivity contribution is 6.02. The van der Waals surface area contributed by atoms with Gasteiger partial charge in [-0.25, -0.2) is 4.79 Å². The van der Waals surface area contributed by atoms with Crippen molar-refractivity contribution in [1.82, 2.24) is 5.32 Å². The number of aromatic carboxylic acids is 1. The quantitative estimate of drug-likeness (QED) is 0.870. The first-order valence-corrected chi connectivity index (χ1v) is 7.44. The van der Waals surface area contributed by atoms with E-state index in [9.17, 15) is 9.59 Å². The van der Waals surface area contributed by atoms with Crippen molar-refractivity contribution < 1.29 is 14.7 Å². The largest absolute Gasteiger partial charge is 0.478 e. The third-order valence-corrected chi connectivity index (χ3v) is 4.56. The van der Waals surface area contributed by atoms with Crippen LogP contribution in [0, 0.1) is 0 Å². The summed E-state index contributed by atoms with van der Waals surface area (Å²) in [5, 5.41) is 12.5. The lowest BCUT2D eigenvalue weighted by Gasteiger charge is -2.36. The van der Waals surface area contributed by atoms with Crippen molar-refractivity contribution in [2.45, 2.75) is 38.1 Å². The summed E-state index contributed by atoms with van der Waals surface area (Å²) in [6, 6.07) is 5.05.